The van der Waals surface area contributed by atoms with Crippen LogP contribution < -0.4 is 5.32 Å². The second kappa shape index (κ2) is 7.79. The molecule has 0 aromatic carbocycles. The van der Waals surface area contributed by atoms with Gasteiger partial charge in [-0.15, -0.1) is 0 Å². The summed E-state index contributed by atoms with van der Waals surface area (Å²) in [4.78, 5) is 0. The number of likely N-dealkylation sites (N-methyl/N-ethyl adjacent to an activating group) is 1. The van der Waals surface area contributed by atoms with Crippen molar-refractivity contribution in [2.75, 3.05) is 13.2 Å². The highest BCUT2D eigenvalue weighted by molar-refractivity contribution is 4.97. The molecule has 2 rings (SSSR count). The van der Waals surface area contributed by atoms with Gasteiger partial charge in [0.15, 0.2) is 0 Å². The number of ether oxygens (including phenoxy) is 1. The Kier molecular flexibility index (Phi) is 6.35. The van der Waals surface area contributed by atoms with Crippen LogP contribution >= 0.6 is 0 Å². The van der Waals surface area contributed by atoms with Crippen molar-refractivity contribution >= 4 is 0 Å². The molecule has 0 spiro atoms. The van der Waals surface area contributed by atoms with Crippen LogP contribution in [0.2, 0.25) is 0 Å². The summed E-state index contributed by atoms with van der Waals surface area (Å²) in [5.74, 6) is 1.83. The van der Waals surface area contributed by atoms with Crippen molar-refractivity contribution in [3.8, 4) is 0 Å². The predicted molar refractivity (Wildman–Crippen MR) is 86.0 cm³/mol. The van der Waals surface area contributed by atoms with Crippen LogP contribution in [-0.2, 0) is 4.74 Å². The zero-order valence-corrected chi connectivity index (χ0v) is 13.9. The Labute approximate surface area is 126 Å². The van der Waals surface area contributed by atoms with Crippen LogP contribution in [0, 0.1) is 11.8 Å². The van der Waals surface area contributed by atoms with E-state index in [2.05, 4.69) is 26.1 Å². The number of hydrogen-bond acceptors (Lipinski definition) is 2. The van der Waals surface area contributed by atoms with Crippen LogP contribution in [0.3, 0.4) is 0 Å². The normalized spacial score (nSPS) is 33.5. The first-order valence-electron chi connectivity index (χ1n) is 9.07. The molecule has 2 saturated carbocycles. The van der Waals surface area contributed by atoms with Gasteiger partial charge in [-0.05, 0) is 57.4 Å². The van der Waals surface area contributed by atoms with Crippen LogP contribution in [0.25, 0.3) is 0 Å². The fraction of sp³-hybridized carbons (Fsp3) is 1.00. The lowest BCUT2D eigenvalue weighted by molar-refractivity contribution is -0.1000. The van der Waals surface area contributed by atoms with Gasteiger partial charge < -0.3 is 10.1 Å². The quantitative estimate of drug-likeness (QED) is 0.740. The second-order valence-electron chi connectivity index (χ2n) is 7.18. The molecule has 0 aliphatic heterocycles. The lowest BCUT2D eigenvalue weighted by atomic mass is 9.73. The SMILES string of the molecule is CCNC(CC1CCCC1)C1(OCC)CCC(C)CC1. The van der Waals surface area contributed by atoms with Gasteiger partial charge in [-0.2, -0.15) is 0 Å². The standard InChI is InChI=1S/C18H35NO/c1-4-19-17(14-16-8-6-7-9-16)18(20-5-2)12-10-15(3)11-13-18/h15-17,19H,4-14H2,1-3H3. The average Bonchev–Trinajstić information content (AvgIpc) is 2.94. The molecule has 0 bridgehead atoms. The third kappa shape index (κ3) is 3.98. The van der Waals surface area contributed by atoms with Crippen molar-refractivity contribution in [1.29, 1.82) is 0 Å². The van der Waals surface area contributed by atoms with Gasteiger partial charge in [0.1, 0.15) is 0 Å². The molecule has 2 aliphatic rings. The lowest BCUT2D eigenvalue weighted by Gasteiger charge is -2.46. The van der Waals surface area contributed by atoms with E-state index in [1.165, 1.54) is 57.8 Å². The van der Waals surface area contributed by atoms with Crippen molar-refractivity contribution in [3.63, 3.8) is 0 Å². The predicted octanol–water partition coefficient (Wildman–Crippen LogP) is 4.53. The topological polar surface area (TPSA) is 21.3 Å². The Morgan fingerprint density at radius 1 is 1.10 bits per heavy atom. The molecule has 0 aromatic heterocycles. The third-order valence-corrected chi connectivity index (χ3v) is 5.68. The zero-order chi connectivity index (χ0) is 14.4. The van der Waals surface area contributed by atoms with Gasteiger partial charge in [-0.3, -0.25) is 0 Å². The summed E-state index contributed by atoms with van der Waals surface area (Å²) in [6.07, 6.45) is 12.3. The maximum Gasteiger partial charge on any atom is 0.0834 e. The number of rotatable bonds is 7. The summed E-state index contributed by atoms with van der Waals surface area (Å²) < 4.78 is 6.38. The second-order valence-corrected chi connectivity index (χ2v) is 7.18. The molecule has 2 aliphatic carbocycles. The van der Waals surface area contributed by atoms with E-state index < -0.39 is 0 Å². The molecular formula is C18H35NO. The van der Waals surface area contributed by atoms with E-state index in [0.29, 0.717) is 6.04 Å². The molecule has 0 saturated heterocycles. The Bertz CT molecular complexity index is 265. The van der Waals surface area contributed by atoms with Gasteiger partial charge in [0, 0.05) is 12.6 Å². The highest BCUT2D eigenvalue weighted by Crippen LogP contribution is 2.41. The molecule has 0 radical (unpaired) electrons. The molecule has 0 aromatic rings. The summed E-state index contributed by atoms with van der Waals surface area (Å²) in [6, 6.07) is 0.572. The lowest BCUT2D eigenvalue weighted by Crippen LogP contribution is -2.55. The van der Waals surface area contributed by atoms with E-state index in [4.69, 9.17) is 4.74 Å². The van der Waals surface area contributed by atoms with Gasteiger partial charge in [0.05, 0.1) is 5.60 Å². The molecular weight excluding hydrogens is 246 g/mol. The zero-order valence-electron chi connectivity index (χ0n) is 13.9. The van der Waals surface area contributed by atoms with Crippen LogP contribution in [-0.4, -0.2) is 24.8 Å². The van der Waals surface area contributed by atoms with Gasteiger partial charge in [-0.25, -0.2) is 0 Å². The first kappa shape index (κ1) is 16.3. The maximum atomic E-state index is 6.38. The molecule has 0 heterocycles. The van der Waals surface area contributed by atoms with E-state index in [9.17, 15) is 0 Å². The highest BCUT2D eigenvalue weighted by atomic mass is 16.5. The van der Waals surface area contributed by atoms with E-state index >= 15 is 0 Å². The number of hydrogen-bond donors (Lipinski definition) is 1. The molecule has 1 atom stereocenters. The van der Waals surface area contributed by atoms with Crippen molar-refractivity contribution in [2.24, 2.45) is 11.8 Å². The van der Waals surface area contributed by atoms with Crippen LogP contribution in [0.15, 0.2) is 0 Å². The first-order chi connectivity index (χ1) is 9.70. The number of nitrogens with one attached hydrogen (secondary N) is 1. The molecule has 1 N–H and O–H groups in total. The van der Waals surface area contributed by atoms with Crippen molar-refractivity contribution < 1.29 is 4.74 Å². The largest absolute Gasteiger partial charge is 0.374 e. The molecule has 0 amide bonds. The summed E-state index contributed by atoms with van der Waals surface area (Å²) >= 11 is 0. The summed E-state index contributed by atoms with van der Waals surface area (Å²) in [5, 5.41) is 3.79. The fourth-order valence-corrected chi connectivity index (χ4v) is 4.44. The monoisotopic (exact) mass is 281 g/mol. The van der Waals surface area contributed by atoms with Crippen molar-refractivity contribution in [1.82, 2.24) is 5.32 Å². The summed E-state index contributed by atoms with van der Waals surface area (Å²) in [5.41, 5.74) is 0.125. The highest BCUT2D eigenvalue weighted by Gasteiger charge is 2.42. The van der Waals surface area contributed by atoms with Crippen molar-refractivity contribution in [3.05, 3.63) is 0 Å². The van der Waals surface area contributed by atoms with E-state index in [1.54, 1.807) is 0 Å². The molecule has 1 unspecified atom stereocenters. The molecule has 20 heavy (non-hydrogen) atoms. The van der Waals surface area contributed by atoms with Crippen LogP contribution in [0.4, 0.5) is 0 Å². The molecule has 118 valence electrons. The van der Waals surface area contributed by atoms with E-state index in [0.717, 1.165) is 25.0 Å². The molecule has 2 fully saturated rings. The van der Waals surface area contributed by atoms with Crippen LogP contribution in [0.5, 0.6) is 0 Å². The van der Waals surface area contributed by atoms with Gasteiger partial charge in [-0.1, -0.05) is 39.5 Å². The Balaban J connectivity index is 2.04. The molecule has 2 heteroatoms. The Morgan fingerprint density at radius 2 is 1.75 bits per heavy atom. The first-order valence-corrected chi connectivity index (χ1v) is 9.07. The Morgan fingerprint density at radius 3 is 2.30 bits per heavy atom. The van der Waals surface area contributed by atoms with Gasteiger partial charge in [0.2, 0.25) is 0 Å². The van der Waals surface area contributed by atoms with Crippen LogP contribution in [0.1, 0.15) is 78.6 Å². The average molecular weight is 281 g/mol. The van der Waals surface area contributed by atoms with Gasteiger partial charge in [0.25, 0.3) is 0 Å². The summed E-state index contributed by atoms with van der Waals surface area (Å²) in [6.45, 7) is 8.74. The molecule has 2 nitrogen and oxygen atoms in total. The van der Waals surface area contributed by atoms with Crippen molar-refractivity contribution in [2.45, 2.75) is 90.2 Å². The third-order valence-electron chi connectivity index (χ3n) is 5.68. The minimum absolute atomic E-state index is 0.125. The minimum atomic E-state index is 0.125. The fourth-order valence-electron chi connectivity index (χ4n) is 4.44. The van der Waals surface area contributed by atoms with E-state index in [1.807, 2.05) is 0 Å². The van der Waals surface area contributed by atoms with Gasteiger partial charge >= 0.3 is 0 Å². The maximum absolute atomic E-state index is 6.38. The Hall–Kier alpha value is -0.0800. The minimum Gasteiger partial charge on any atom is -0.374 e. The smallest absolute Gasteiger partial charge is 0.0834 e. The van der Waals surface area contributed by atoms with E-state index in [-0.39, 0.29) is 5.60 Å². The summed E-state index contributed by atoms with van der Waals surface area (Å²) in [7, 11) is 0.